The fraction of sp³-hybridized carbons (Fsp3) is 0.562. The van der Waals surface area contributed by atoms with Crippen LogP contribution >= 0.6 is 0 Å². The maximum atomic E-state index is 4.21. The standard InChI is InChI=1S/C16H23N5/c1-16(2,3)17-11-15-18-19-20-21(15)14-10-6-8-12-7-4-5-9-13(12)14/h6,8,10,17H,4-5,7,9,11H2,1-3H3. The topological polar surface area (TPSA) is 55.6 Å². The third-order valence-electron chi connectivity index (χ3n) is 3.91. The van der Waals surface area contributed by atoms with E-state index in [-0.39, 0.29) is 5.54 Å². The number of tetrazole rings is 1. The van der Waals surface area contributed by atoms with Gasteiger partial charge in [0, 0.05) is 5.54 Å². The molecule has 21 heavy (non-hydrogen) atoms. The second-order valence-electron chi connectivity index (χ2n) is 6.73. The molecule has 1 aromatic carbocycles. The van der Waals surface area contributed by atoms with Gasteiger partial charge in [-0.15, -0.1) is 5.10 Å². The zero-order valence-corrected chi connectivity index (χ0v) is 13.1. The van der Waals surface area contributed by atoms with Gasteiger partial charge < -0.3 is 5.32 Å². The van der Waals surface area contributed by atoms with Crippen LogP contribution in [0, 0.1) is 0 Å². The molecule has 5 nitrogen and oxygen atoms in total. The van der Waals surface area contributed by atoms with E-state index in [2.05, 4.69) is 59.8 Å². The van der Waals surface area contributed by atoms with Crippen LogP contribution in [-0.2, 0) is 19.4 Å². The molecular weight excluding hydrogens is 262 g/mol. The number of nitrogens with zero attached hydrogens (tertiary/aromatic N) is 4. The van der Waals surface area contributed by atoms with Crippen molar-refractivity contribution in [3.63, 3.8) is 0 Å². The molecule has 2 aromatic rings. The van der Waals surface area contributed by atoms with Gasteiger partial charge in [-0.05, 0) is 74.1 Å². The van der Waals surface area contributed by atoms with Gasteiger partial charge in [0.25, 0.3) is 0 Å². The van der Waals surface area contributed by atoms with Crippen LogP contribution in [0.25, 0.3) is 5.69 Å². The highest BCUT2D eigenvalue weighted by molar-refractivity contribution is 5.47. The third-order valence-corrected chi connectivity index (χ3v) is 3.91. The van der Waals surface area contributed by atoms with Gasteiger partial charge in [0.05, 0.1) is 12.2 Å². The van der Waals surface area contributed by atoms with Gasteiger partial charge in [-0.1, -0.05) is 12.1 Å². The van der Waals surface area contributed by atoms with Crippen molar-refractivity contribution in [1.29, 1.82) is 0 Å². The molecule has 1 aliphatic carbocycles. The van der Waals surface area contributed by atoms with Crippen molar-refractivity contribution < 1.29 is 0 Å². The number of aromatic nitrogens is 4. The predicted molar refractivity (Wildman–Crippen MR) is 82.4 cm³/mol. The van der Waals surface area contributed by atoms with Gasteiger partial charge in [0.2, 0.25) is 0 Å². The molecule has 0 radical (unpaired) electrons. The molecule has 112 valence electrons. The number of fused-ring (bicyclic) bond motifs is 1. The van der Waals surface area contributed by atoms with Crippen LogP contribution in [-0.4, -0.2) is 25.7 Å². The summed E-state index contributed by atoms with van der Waals surface area (Å²) in [6, 6.07) is 6.47. The Kier molecular flexibility index (Phi) is 3.76. The highest BCUT2D eigenvalue weighted by Gasteiger charge is 2.18. The van der Waals surface area contributed by atoms with Gasteiger partial charge in [-0.25, -0.2) is 0 Å². The maximum Gasteiger partial charge on any atom is 0.170 e. The third kappa shape index (κ3) is 3.13. The highest BCUT2D eigenvalue weighted by atomic mass is 15.5. The first-order chi connectivity index (χ1) is 10.0. The van der Waals surface area contributed by atoms with Crippen LogP contribution in [0.15, 0.2) is 18.2 Å². The van der Waals surface area contributed by atoms with Crippen molar-refractivity contribution in [3.8, 4) is 5.69 Å². The normalized spacial score (nSPS) is 15.0. The van der Waals surface area contributed by atoms with Gasteiger partial charge in [0.1, 0.15) is 0 Å². The average Bonchev–Trinajstić information content (AvgIpc) is 2.92. The van der Waals surface area contributed by atoms with E-state index < -0.39 is 0 Å². The zero-order chi connectivity index (χ0) is 14.9. The van der Waals surface area contributed by atoms with Gasteiger partial charge in [-0.2, -0.15) is 4.68 Å². The van der Waals surface area contributed by atoms with E-state index in [1.165, 1.54) is 30.4 Å². The van der Waals surface area contributed by atoms with E-state index in [4.69, 9.17) is 0 Å². The summed E-state index contributed by atoms with van der Waals surface area (Å²) in [6.45, 7) is 7.10. The first-order valence-corrected chi connectivity index (χ1v) is 7.68. The molecular formula is C16H23N5. The van der Waals surface area contributed by atoms with E-state index in [0.29, 0.717) is 6.54 Å². The van der Waals surface area contributed by atoms with Gasteiger partial charge >= 0.3 is 0 Å². The first kappa shape index (κ1) is 14.2. The molecule has 1 aliphatic rings. The quantitative estimate of drug-likeness (QED) is 0.941. The zero-order valence-electron chi connectivity index (χ0n) is 13.1. The number of rotatable bonds is 3. The molecule has 0 unspecified atom stereocenters. The first-order valence-electron chi connectivity index (χ1n) is 7.68. The molecule has 0 atom stereocenters. The van der Waals surface area contributed by atoms with Crippen LogP contribution in [0.1, 0.15) is 50.6 Å². The van der Waals surface area contributed by atoms with E-state index in [9.17, 15) is 0 Å². The molecule has 0 spiro atoms. The van der Waals surface area contributed by atoms with Crippen LogP contribution in [0.5, 0.6) is 0 Å². The Labute approximate surface area is 125 Å². The van der Waals surface area contributed by atoms with E-state index in [1.807, 2.05) is 4.68 Å². The van der Waals surface area contributed by atoms with E-state index in [1.54, 1.807) is 0 Å². The largest absolute Gasteiger partial charge is 0.305 e. The minimum Gasteiger partial charge on any atom is -0.305 e. The Balaban J connectivity index is 1.93. The lowest BCUT2D eigenvalue weighted by Gasteiger charge is -2.21. The molecule has 0 bridgehead atoms. The summed E-state index contributed by atoms with van der Waals surface area (Å²) in [6.07, 6.45) is 4.82. The van der Waals surface area contributed by atoms with Crippen molar-refractivity contribution in [2.45, 2.75) is 58.5 Å². The minimum atomic E-state index is 0.0485. The molecule has 0 aliphatic heterocycles. The molecule has 1 N–H and O–H groups in total. The molecule has 1 heterocycles. The molecule has 0 saturated carbocycles. The summed E-state index contributed by atoms with van der Waals surface area (Å²) >= 11 is 0. The number of benzene rings is 1. The fourth-order valence-electron chi connectivity index (χ4n) is 2.81. The Hall–Kier alpha value is -1.75. The Bertz CT molecular complexity index is 624. The smallest absolute Gasteiger partial charge is 0.170 e. The maximum absolute atomic E-state index is 4.21. The highest BCUT2D eigenvalue weighted by Crippen LogP contribution is 2.26. The number of aryl methyl sites for hydroxylation is 1. The number of hydrogen-bond acceptors (Lipinski definition) is 4. The van der Waals surface area contributed by atoms with Crippen LogP contribution in [0.3, 0.4) is 0 Å². The predicted octanol–water partition coefficient (Wildman–Crippen LogP) is 2.43. The number of hydrogen-bond donors (Lipinski definition) is 1. The second kappa shape index (κ2) is 5.56. The van der Waals surface area contributed by atoms with E-state index >= 15 is 0 Å². The van der Waals surface area contributed by atoms with E-state index in [0.717, 1.165) is 17.9 Å². The summed E-state index contributed by atoms with van der Waals surface area (Å²) < 4.78 is 1.89. The van der Waals surface area contributed by atoms with Crippen LogP contribution in [0.2, 0.25) is 0 Å². The lowest BCUT2D eigenvalue weighted by molar-refractivity contribution is 0.415. The van der Waals surface area contributed by atoms with Crippen molar-refractivity contribution in [2.24, 2.45) is 0 Å². The van der Waals surface area contributed by atoms with Crippen molar-refractivity contribution in [2.75, 3.05) is 0 Å². The van der Waals surface area contributed by atoms with Crippen LogP contribution < -0.4 is 5.32 Å². The molecule has 0 saturated heterocycles. The minimum absolute atomic E-state index is 0.0485. The molecule has 3 rings (SSSR count). The second-order valence-corrected chi connectivity index (χ2v) is 6.73. The summed E-state index contributed by atoms with van der Waals surface area (Å²) in [4.78, 5) is 0. The van der Waals surface area contributed by atoms with Crippen molar-refractivity contribution in [3.05, 3.63) is 35.2 Å². The summed E-state index contributed by atoms with van der Waals surface area (Å²) in [5.74, 6) is 0.865. The lowest BCUT2D eigenvalue weighted by atomic mass is 9.90. The van der Waals surface area contributed by atoms with Gasteiger partial charge in [-0.3, -0.25) is 0 Å². The monoisotopic (exact) mass is 285 g/mol. The molecule has 1 aromatic heterocycles. The SMILES string of the molecule is CC(C)(C)NCc1nnnn1-c1cccc2c1CCCC2. The average molecular weight is 285 g/mol. The molecule has 0 fully saturated rings. The summed E-state index contributed by atoms with van der Waals surface area (Å²) in [5.41, 5.74) is 4.05. The van der Waals surface area contributed by atoms with Crippen molar-refractivity contribution in [1.82, 2.24) is 25.5 Å². The number of nitrogens with one attached hydrogen (secondary N) is 1. The lowest BCUT2D eigenvalue weighted by Crippen LogP contribution is -2.36. The Morgan fingerprint density at radius 1 is 1.19 bits per heavy atom. The molecule has 5 heteroatoms. The molecule has 0 amide bonds. The van der Waals surface area contributed by atoms with Crippen LogP contribution in [0.4, 0.5) is 0 Å². The summed E-state index contributed by atoms with van der Waals surface area (Å²) in [5, 5.41) is 15.7. The summed E-state index contributed by atoms with van der Waals surface area (Å²) in [7, 11) is 0. The Morgan fingerprint density at radius 2 is 2.00 bits per heavy atom. The van der Waals surface area contributed by atoms with Crippen molar-refractivity contribution >= 4 is 0 Å². The fourth-order valence-corrected chi connectivity index (χ4v) is 2.81. The van der Waals surface area contributed by atoms with Gasteiger partial charge in [0.15, 0.2) is 5.82 Å². The Morgan fingerprint density at radius 3 is 2.81 bits per heavy atom.